The summed E-state index contributed by atoms with van der Waals surface area (Å²) in [6, 6.07) is 69.2. The average Bonchev–Trinajstić information content (AvgIpc) is 3.86. The summed E-state index contributed by atoms with van der Waals surface area (Å²) in [5.41, 5.74) is 11.7. The van der Waals surface area contributed by atoms with Crippen molar-refractivity contribution in [1.29, 1.82) is 0 Å². The number of benzene rings is 9. The molecule has 0 aliphatic heterocycles. The van der Waals surface area contributed by atoms with E-state index in [-0.39, 0.29) is 0 Å². The molecular formula is C51H32N2OS. The van der Waals surface area contributed by atoms with Gasteiger partial charge in [-0.3, -0.25) is 0 Å². The van der Waals surface area contributed by atoms with Crippen LogP contribution in [0.4, 0.5) is 17.1 Å². The Kier molecular flexibility index (Phi) is 7.35. The topological polar surface area (TPSA) is 29.3 Å². The third-order valence-corrected chi connectivity index (χ3v) is 11.8. The Bertz CT molecular complexity index is 3200. The molecule has 11 rings (SSSR count). The minimum absolute atomic E-state index is 0.845. The van der Waals surface area contributed by atoms with E-state index in [4.69, 9.17) is 9.40 Å². The maximum atomic E-state index is 6.64. The number of aromatic nitrogens is 1. The fourth-order valence-electron chi connectivity index (χ4n) is 8.06. The molecule has 2 heterocycles. The van der Waals surface area contributed by atoms with Gasteiger partial charge in [-0.25, -0.2) is 4.98 Å². The van der Waals surface area contributed by atoms with Crippen molar-refractivity contribution in [2.24, 2.45) is 0 Å². The minimum Gasteiger partial charge on any atom is -0.456 e. The van der Waals surface area contributed by atoms with Crippen LogP contribution in [0.25, 0.3) is 86.5 Å². The van der Waals surface area contributed by atoms with Crippen molar-refractivity contribution in [1.82, 2.24) is 4.98 Å². The van der Waals surface area contributed by atoms with Crippen LogP contribution in [-0.2, 0) is 0 Å². The Morgan fingerprint density at radius 3 is 1.91 bits per heavy atom. The fourth-order valence-corrected chi connectivity index (χ4v) is 9.19. The molecule has 0 aliphatic carbocycles. The molecule has 4 heteroatoms. The Morgan fingerprint density at radius 1 is 0.418 bits per heavy atom. The molecule has 0 N–H and O–H groups in total. The molecule has 11 aromatic rings. The Hall–Kier alpha value is -7.01. The van der Waals surface area contributed by atoms with E-state index in [1.165, 1.54) is 38.2 Å². The average molecular weight is 721 g/mol. The van der Waals surface area contributed by atoms with Gasteiger partial charge in [0.15, 0.2) is 0 Å². The molecule has 2 aromatic heterocycles. The number of anilines is 3. The van der Waals surface area contributed by atoms with Gasteiger partial charge in [-0.05, 0) is 98.4 Å². The third-order valence-electron chi connectivity index (χ3n) is 10.7. The van der Waals surface area contributed by atoms with Gasteiger partial charge in [0.05, 0.1) is 10.2 Å². The molecule has 0 radical (unpaired) electrons. The Morgan fingerprint density at radius 2 is 1.09 bits per heavy atom. The molecule has 0 amide bonds. The summed E-state index contributed by atoms with van der Waals surface area (Å²) in [5.74, 6) is 0. The van der Waals surface area contributed by atoms with Crippen LogP contribution >= 0.6 is 11.3 Å². The maximum absolute atomic E-state index is 6.64. The van der Waals surface area contributed by atoms with Gasteiger partial charge in [0.1, 0.15) is 16.2 Å². The monoisotopic (exact) mass is 720 g/mol. The van der Waals surface area contributed by atoms with Gasteiger partial charge >= 0.3 is 0 Å². The summed E-state index contributed by atoms with van der Waals surface area (Å²) in [5, 5.41) is 8.25. The first kappa shape index (κ1) is 31.5. The number of thiazole rings is 1. The zero-order valence-corrected chi connectivity index (χ0v) is 30.5. The van der Waals surface area contributed by atoms with Gasteiger partial charge in [0, 0.05) is 39.5 Å². The van der Waals surface area contributed by atoms with Gasteiger partial charge in [-0.15, -0.1) is 11.3 Å². The first-order valence-corrected chi connectivity index (χ1v) is 19.3. The first-order valence-electron chi connectivity index (χ1n) is 18.5. The van der Waals surface area contributed by atoms with E-state index in [9.17, 15) is 0 Å². The van der Waals surface area contributed by atoms with Crippen LogP contribution in [0.15, 0.2) is 199 Å². The Balaban J connectivity index is 1.06. The molecule has 0 atom stereocenters. The van der Waals surface area contributed by atoms with Crippen molar-refractivity contribution in [3.8, 4) is 32.8 Å². The molecular weight excluding hydrogens is 689 g/mol. The van der Waals surface area contributed by atoms with E-state index >= 15 is 0 Å². The molecule has 0 saturated heterocycles. The van der Waals surface area contributed by atoms with Gasteiger partial charge in [-0.2, -0.15) is 0 Å². The summed E-state index contributed by atoms with van der Waals surface area (Å²) < 4.78 is 7.78. The number of hydrogen-bond acceptors (Lipinski definition) is 4. The van der Waals surface area contributed by atoms with Gasteiger partial charge in [-0.1, -0.05) is 133 Å². The molecule has 0 bridgehead atoms. The number of furan rings is 1. The van der Waals surface area contributed by atoms with Crippen LogP contribution in [-0.4, -0.2) is 4.98 Å². The molecule has 55 heavy (non-hydrogen) atoms. The fraction of sp³-hybridized carbons (Fsp3) is 0. The predicted octanol–water partition coefficient (Wildman–Crippen LogP) is 15.0. The quantitative estimate of drug-likeness (QED) is 0.160. The van der Waals surface area contributed by atoms with Gasteiger partial charge < -0.3 is 9.32 Å². The molecule has 0 unspecified atom stereocenters. The SMILES string of the molecule is c1ccc(-c2cccc(N(c3ccc(-c4cc5ccccc5c5ccccc45)cc3)c3ccc4c(c3)oc3ccc5nc(-c6ccccc6)sc5c34)c2)cc1. The van der Waals surface area contributed by atoms with Crippen LogP contribution in [0, 0.1) is 0 Å². The van der Waals surface area contributed by atoms with Crippen molar-refractivity contribution >= 4 is 82.1 Å². The van der Waals surface area contributed by atoms with Crippen molar-refractivity contribution in [2.45, 2.75) is 0 Å². The molecule has 258 valence electrons. The van der Waals surface area contributed by atoms with E-state index in [0.29, 0.717) is 0 Å². The highest BCUT2D eigenvalue weighted by molar-refractivity contribution is 7.22. The van der Waals surface area contributed by atoms with Crippen LogP contribution in [0.1, 0.15) is 0 Å². The zero-order chi connectivity index (χ0) is 36.3. The molecule has 0 saturated carbocycles. The molecule has 0 aliphatic rings. The first-order chi connectivity index (χ1) is 27.2. The van der Waals surface area contributed by atoms with E-state index in [2.05, 4.69) is 193 Å². The smallest absolute Gasteiger partial charge is 0.137 e. The normalized spacial score (nSPS) is 11.6. The predicted molar refractivity (Wildman–Crippen MR) is 233 cm³/mol. The standard InChI is InChI=1S/C51H32N2OS/c1-3-12-33(13-4-1)36-17-11-18-39(30-36)53(38-24-22-34(23-25-38)45-31-37-16-7-8-19-41(37)42-20-9-10-21-43(42)45)40-26-27-44-48(32-40)54-47-29-28-46-50(49(44)47)55-51(52-46)35-14-5-2-6-15-35/h1-32H. The van der Waals surface area contributed by atoms with Crippen molar-refractivity contribution in [2.75, 3.05) is 4.90 Å². The second-order valence-electron chi connectivity index (χ2n) is 13.9. The maximum Gasteiger partial charge on any atom is 0.137 e. The second kappa shape index (κ2) is 12.8. The van der Waals surface area contributed by atoms with Crippen molar-refractivity contribution < 1.29 is 4.42 Å². The van der Waals surface area contributed by atoms with E-state index in [0.717, 1.165) is 65.4 Å². The highest BCUT2D eigenvalue weighted by Gasteiger charge is 2.19. The summed E-state index contributed by atoms with van der Waals surface area (Å²) >= 11 is 1.72. The van der Waals surface area contributed by atoms with Crippen molar-refractivity contribution in [3.63, 3.8) is 0 Å². The van der Waals surface area contributed by atoms with Crippen LogP contribution in [0.2, 0.25) is 0 Å². The largest absolute Gasteiger partial charge is 0.456 e. The lowest BCUT2D eigenvalue weighted by Crippen LogP contribution is -2.10. The van der Waals surface area contributed by atoms with Gasteiger partial charge in [0.2, 0.25) is 0 Å². The zero-order valence-electron chi connectivity index (χ0n) is 29.7. The lowest BCUT2D eigenvalue weighted by Gasteiger charge is -2.26. The van der Waals surface area contributed by atoms with Crippen LogP contribution in [0.5, 0.6) is 0 Å². The lowest BCUT2D eigenvalue weighted by molar-refractivity contribution is 0.669. The van der Waals surface area contributed by atoms with E-state index < -0.39 is 0 Å². The molecule has 9 aromatic carbocycles. The van der Waals surface area contributed by atoms with E-state index in [1.54, 1.807) is 11.3 Å². The highest BCUT2D eigenvalue weighted by atomic mass is 32.1. The summed E-state index contributed by atoms with van der Waals surface area (Å²) in [6.45, 7) is 0. The molecule has 0 fully saturated rings. The van der Waals surface area contributed by atoms with Gasteiger partial charge in [0.25, 0.3) is 0 Å². The Labute approximate surface area is 322 Å². The summed E-state index contributed by atoms with van der Waals surface area (Å²) in [6.07, 6.45) is 0. The summed E-state index contributed by atoms with van der Waals surface area (Å²) in [7, 11) is 0. The highest BCUT2D eigenvalue weighted by Crippen LogP contribution is 2.44. The van der Waals surface area contributed by atoms with E-state index in [1.807, 2.05) is 6.07 Å². The number of hydrogen-bond donors (Lipinski definition) is 0. The lowest BCUT2D eigenvalue weighted by atomic mass is 9.93. The van der Waals surface area contributed by atoms with Crippen molar-refractivity contribution in [3.05, 3.63) is 194 Å². The van der Waals surface area contributed by atoms with Crippen LogP contribution in [0.3, 0.4) is 0 Å². The molecule has 0 spiro atoms. The third kappa shape index (κ3) is 5.38. The number of nitrogens with zero attached hydrogens (tertiary/aromatic N) is 2. The minimum atomic E-state index is 0.845. The molecule has 3 nitrogen and oxygen atoms in total. The second-order valence-corrected chi connectivity index (χ2v) is 14.9. The number of fused-ring (bicyclic) bond motifs is 8. The van der Waals surface area contributed by atoms with Crippen LogP contribution < -0.4 is 4.90 Å². The number of rotatable bonds is 6. The summed E-state index contributed by atoms with van der Waals surface area (Å²) in [4.78, 5) is 7.34.